The van der Waals surface area contributed by atoms with Crippen molar-refractivity contribution in [1.29, 1.82) is 0 Å². The van der Waals surface area contributed by atoms with Gasteiger partial charge in [-0.05, 0) is 44.0 Å². The van der Waals surface area contributed by atoms with Crippen LogP contribution in [0.4, 0.5) is 5.69 Å². The van der Waals surface area contributed by atoms with Crippen molar-refractivity contribution in [2.75, 3.05) is 37.8 Å². The maximum atomic E-state index is 14.2. The standard InChI is InChI=1S/C27H26N2O7/c1-2-28-19-8-4-3-7-18(19)27(26(28)33)22(24(31)25(32)29(27)15-17-6-5-11-34-17)23(30)16-9-10-20-21(14-16)36-13-12-35-20/h3-4,7-10,14,17,30H,2,5-6,11-13,15H2,1H3/b23-22-/t17-,27-/m1/s1. The molecule has 4 aliphatic heterocycles. The molecular weight excluding hydrogens is 464 g/mol. The molecule has 36 heavy (non-hydrogen) atoms. The van der Waals surface area contributed by atoms with Gasteiger partial charge in [0.15, 0.2) is 17.0 Å². The number of carbonyl (C=O) groups excluding carboxylic acids is 3. The quantitative estimate of drug-likeness (QED) is 0.399. The number of ether oxygens (including phenoxy) is 3. The largest absolute Gasteiger partial charge is 0.507 e. The van der Waals surface area contributed by atoms with Crippen LogP contribution in [0.2, 0.25) is 0 Å². The second kappa shape index (κ2) is 8.37. The van der Waals surface area contributed by atoms with E-state index in [1.165, 1.54) is 4.90 Å². The number of ketones is 1. The molecule has 2 saturated heterocycles. The summed E-state index contributed by atoms with van der Waals surface area (Å²) in [6, 6.07) is 11.9. The van der Waals surface area contributed by atoms with Gasteiger partial charge in [0.25, 0.3) is 17.6 Å². The first-order chi connectivity index (χ1) is 17.5. The summed E-state index contributed by atoms with van der Waals surface area (Å²) >= 11 is 0. The second-order valence-electron chi connectivity index (χ2n) is 9.24. The molecule has 4 heterocycles. The van der Waals surface area contributed by atoms with Gasteiger partial charge in [0, 0.05) is 30.8 Å². The number of likely N-dealkylation sites (tertiary alicyclic amines) is 1. The van der Waals surface area contributed by atoms with Gasteiger partial charge in [-0.25, -0.2) is 0 Å². The zero-order chi connectivity index (χ0) is 25.0. The summed E-state index contributed by atoms with van der Waals surface area (Å²) in [4.78, 5) is 44.3. The molecule has 2 aromatic rings. The number of hydrogen-bond donors (Lipinski definition) is 1. The van der Waals surface area contributed by atoms with Gasteiger partial charge in [0.1, 0.15) is 19.0 Å². The Balaban J connectivity index is 1.59. The molecule has 9 heteroatoms. The van der Waals surface area contributed by atoms with E-state index >= 15 is 0 Å². The van der Waals surface area contributed by atoms with Gasteiger partial charge < -0.3 is 29.1 Å². The summed E-state index contributed by atoms with van der Waals surface area (Å²) in [5, 5.41) is 11.6. The fourth-order valence-electron chi connectivity index (χ4n) is 5.76. The smallest absolute Gasteiger partial charge is 0.296 e. The highest BCUT2D eigenvalue weighted by molar-refractivity contribution is 6.50. The first kappa shape index (κ1) is 22.6. The van der Waals surface area contributed by atoms with Crippen LogP contribution in [0.15, 0.2) is 48.0 Å². The number of Topliss-reactive ketones (excluding diaryl/α,β-unsaturated/α-hetero) is 1. The fourth-order valence-corrected chi connectivity index (χ4v) is 5.76. The van der Waals surface area contributed by atoms with E-state index in [1.807, 2.05) is 6.92 Å². The van der Waals surface area contributed by atoms with Gasteiger partial charge in [0.2, 0.25) is 0 Å². The number of benzene rings is 2. The molecule has 0 aromatic heterocycles. The lowest BCUT2D eigenvalue weighted by Crippen LogP contribution is -2.53. The SMILES string of the molecule is CCN1C(=O)[C@]2(/C(=C(\O)c3ccc4c(c3)OCCO4)C(=O)C(=O)N2C[C@H]2CCCO2)c2ccccc21. The van der Waals surface area contributed by atoms with Gasteiger partial charge in [-0.1, -0.05) is 18.2 Å². The number of aliphatic hydroxyl groups is 1. The number of amides is 2. The lowest BCUT2D eigenvalue weighted by atomic mass is 9.81. The van der Waals surface area contributed by atoms with Crippen molar-refractivity contribution in [3.8, 4) is 11.5 Å². The average molecular weight is 491 g/mol. The van der Waals surface area contributed by atoms with Crippen LogP contribution in [0.5, 0.6) is 11.5 Å². The molecule has 0 unspecified atom stereocenters. The number of hydrogen-bond acceptors (Lipinski definition) is 7. The normalized spacial score (nSPS) is 26.2. The predicted octanol–water partition coefficient (Wildman–Crippen LogP) is 2.58. The molecule has 2 fully saturated rings. The predicted molar refractivity (Wildman–Crippen MR) is 129 cm³/mol. The molecule has 2 amide bonds. The third kappa shape index (κ3) is 3.02. The van der Waals surface area contributed by atoms with Crippen molar-refractivity contribution in [3.63, 3.8) is 0 Å². The van der Waals surface area contributed by atoms with Crippen molar-refractivity contribution in [3.05, 3.63) is 59.2 Å². The lowest BCUT2D eigenvalue weighted by molar-refractivity contribution is -0.145. The monoisotopic (exact) mass is 490 g/mol. The van der Waals surface area contributed by atoms with Crippen LogP contribution in [0.3, 0.4) is 0 Å². The number of likely N-dealkylation sites (N-methyl/N-ethyl adjacent to an activating group) is 1. The summed E-state index contributed by atoms with van der Waals surface area (Å²) in [7, 11) is 0. The molecule has 0 aliphatic carbocycles. The van der Waals surface area contributed by atoms with Gasteiger partial charge in [0.05, 0.1) is 17.4 Å². The third-order valence-corrected chi connectivity index (χ3v) is 7.35. The Morgan fingerprint density at radius 1 is 1.06 bits per heavy atom. The van der Waals surface area contributed by atoms with Crippen molar-refractivity contribution < 1.29 is 33.7 Å². The topological polar surface area (TPSA) is 106 Å². The van der Waals surface area contributed by atoms with Crippen LogP contribution in [0.1, 0.15) is 30.9 Å². The lowest BCUT2D eigenvalue weighted by Gasteiger charge is -2.35. The van der Waals surface area contributed by atoms with Gasteiger partial charge in [-0.15, -0.1) is 0 Å². The van der Waals surface area contributed by atoms with E-state index in [1.54, 1.807) is 47.4 Å². The molecule has 186 valence electrons. The number of nitrogens with zero attached hydrogens (tertiary/aromatic N) is 2. The molecule has 4 aliphatic rings. The van der Waals surface area contributed by atoms with E-state index in [9.17, 15) is 19.5 Å². The van der Waals surface area contributed by atoms with Gasteiger partial charge >= 0.3 is 0 Å². The number of rotatable bonds is 4. The first-order valence-electron chi connectivity index (χ1n) is 12.2. The first-order valence-corrected chi connectivity index (χ1v) is 12.2. The number of anilines is 1. The zero-order valence-electron chi connectivity index (χ0n) is 19.9. The van der Waals surface area contributed by atoms with Gasteiger partial charge in [-0.2, -0.15) is 0 Å². The van der Waals surface area contributed by atoms with Crippen LogP contribution in [-0.4, -0.2) is 66.6 Å². The zero-order valence-corrected chi connectivity index (χ0v) is 19.9. The number of carbonyl (C=O) groups is 3. The average Bonchev–Trinajstić information content (AvgIpc) is 3.56. The van der Waals surface area contributed by atoms with E-state index in [-0.39, 0.29) is 23.8 Å². The Kier molecular flexibility index (Phi) is 5.26. The Hall–Kier alpha value is -3.85. The highest BCUT2D eigenvalue weighted by Gasteiger charge is 2.67. The molecular formula is C27H26N2O7. The maximum absolute atomic E-state index is 14.2. The molecule has 0 bridgehead atoms. The van der Waals surface area contributed by atoms with Crippen LogP contribution in [0, 0.1) is 0 Å². The Morgan fingerprint density at radius 3 is 2.58 bits per heavy atom. The molecule has 6 rings (SSSR count). The van der Waals surface area contributed by atoms with Crippen LogP contribution < -0.4 is 14.4 Å². The van der Waals surface area contributed by atoms with Crippen LogP contribution in [-0.2, 0) is 24.7 Å². The molecule has 1 N–H and O–H groups in total. The summed E-state index contributed by atoms with van der Waals surface area (Å²) in [5.41, 5.74) is -0.667. The summed E-state index contributed by atoms with van der Waals surface area (Å²) in [6.07, 6.45) is 1.25. The molecule has 1 spiro atoms. The van der Waals surface area contributed by atoms with Crippen molar-refractivity contribution in [2.24, 2.45) is 0 Å². The van der Waals surface area contributed by atoms with Crippen LogP contribution in [0.25, 0.3) is 5.76 Å². The summed E-state index contributed by atoms with van der Waals surface area (Å²) < 4.78 is 17.0. The highest BCUT2D eigenvalue weighted by Crippen LogP contribution is 2.54. The molecule has 9 nitrogen and oxygen atoms in total. The summed E-state index contributed by atoms with van der Waals surface area (Å²) in [5.74, 6) is -1.66. The molecule has 0 saturated carbocycles. The molecule has 0 radical (unpaired) electrons. The van der Waals surface area contributed by atoms with Crippen molar-refractivity contribution in [1.82, 2.24) is 4.90 Å². The number of para-hydroxylation sites is 1. The fraction of sp³-hybridized carbons (Fsp3) is 0.370. The summed E-state index contributed by atoms with van der Waals surface area (Å²) in [6.45, 7) is 3.56. The minimum absolute atomic E-state index is 0.0696. The highest BCUT2D eigenvalue weighted by atomic mass is 16.6. The number of fused-ring (bicyclic) bond motifs is 3. The van der Waals surface area contributed by atoms with Crippen molar-refractivity contribution >= 4 is 29.0 Å². The molecule has 2 atom stereocenters. The Morgan fingerprint density at radius 2 is 1.83 bits per heavy atom. The Labute approximate surface area is 207 Å². The maximum Gasteiger partial charge on any atom is 0.296 e. The van der Waals surface area contributed by atoms with E-state index < -0.39 is 28.9 Å². The van der Waals surface area contributed by atoms with E-state index in [0.717, 1.165) is 6.42 Å². The minimum atomic E-state index is -1.79. The van der Waals surface area contributed by atoms with E-state index in [4.69, 9.17) is 14.2 Å². The molecule has 2 aromatic carbocycles. The van der Waals surface area contributed by atoms with Gasteiger partial charge in [-0.3, -0.25) is 14.4 Å². The second-order valence-corrected chi connectivity index (χ2v) is 9.24. The number of aliphatic hydroxyl groups excluding tert-OH is 1. The van der Waals surface area contributed by atoms with Crippen molar-refractivity contribution in [2.45, 2.75) is 31.4 Å². The van der Waals surface area contributed by atoms with E-state index in [0.29, 0.717) is 55.5 Å². The van der Waals surface area contributed by atoms with E-state index in [2.05, 4.69) is 0 Å². The Bertz CT molecular complexity index is 1310. The van der Waals surface area contributed by atoms with Crippen LogP contribution >= 0.6 is 0 Å². The third-order valence-electron chi connectivity index (χ3n) is 7.35. The minimum Gasteiger partial charge on any atom is -0.507 e.